The van der Waals surface area contributed by atoms with E-state index in [1.54, 1.807) is 0 Å². The minimum Gasteiger partial charge on any atom is -0.370 e. The van der Waals surface area contributed by atoms with Crippen LogP contribution in [0.5, 0.6) is 0 Å². The minimum atomic E-state index is 0.0118. The Balaban J connectivity index is 2.21. The number of unbranched alkanes of at least 4 members (excludes halogenated alkanes) is 1. The SMILES string of the molecule is CCCCNc1nc(N)nc2c1CN(C(=O)C(C)C)CC2. The van der Waals surface area contributed by atoms with E-state index in [0.29, 0.717) is 19.0 Å². The maximum atomic E-state index is 12.2. The van der Waals surface area contributed by atoms with Gasteiger partial charge in [0.25, 0.3) is 0 Å². The van der Waals surface area contributed by atoms with Gasteiger partial charge in [-0.05, 0) is 6.42 Å². The monoisotopic (exact) mass is 291 g/mol. The molecule has 1 amide bonds. The molecule has 1 aromatic heterocycles. The molecule has 0 saturated heterocycles. The van der Waals surface area contributed by atoms with Crippen molar-refractivity contribution in [2.75, 3.05) is 24.1 Å². The van der Waals surface area contributed by atoms with Crippen LogP contribution in [0.1, 0.15) is 44.9 Å². The molecule has 0 spiro atoms. The van der Waals surface area contributed by atoms with E-state index in [4.69, 9.17) is 5.73 Å². The van der Waals surface area contributed by atoms with Gasteiger partial charge in [-0.3, -0.25) is 4.79 Å². The minimum absolute atomic E-state index is 0.0118. The first kappa shape index (κ1) is 15.5. The zero-order valence-corrected chi connectivity index (χ0v) is 13.1. The molecule has 0 saturated carbocycles. The third-order valence-electron chi connectivity index (χ3n) is 3.71. The van der Waals surface area contributed by atoms with Gasteiger partial charge in [0.05, 0.1) is 12.2 Å². The molecule has 0 atom stereocenters. The number of hydrogen-bond donors (Lipinski definition) is 2. The Bertz CT molecular complexity index is 515. The van der Waals surface area contributed by atoms with Gasteiger partial charge in [0, 0.05) is 31.0 Å². The van der Waals surface area contributed by atoms with Gasteiger partial charge in [0.15, 0.2) is 0 Å². The normalized spacial score (nSPS) is 14.2. The molecule has 0 bridgehead atoms. The van der Waals surface area contributed by atoms with Crippen LogP contribution in [0.25, 0.3) is 0 Å². The number of rotatable bonds is 5. The average molecular weight is 291 g/mol. The number of hydrogen-bond acceptors (Lipinski definition) is 5. The fourth-order valence-corrected chi connectivity index (χ4v) is 2.52. The second-order valence-corrected chi connectivity index (χ2v) is 5.80. The van der Waals surface area contributed by atoms with Gasteiger partial charge in [0.1, 0.15) is 5.82 Å². The lowest BCUT2D eigenvalue weighted by Crippen LogP contribution is -2.39. The molecular formula is C15H25N5O. The van der Waals surface area contributed by atoms with E-state index in [9.17, 15) is 4.79 Å². The van der Waals surface area contributed by atoms with E-state index < -0.39 is 0 Å². The molecule has 116 valence electrons. The Kier molecular flexibility index (Phi) is 4.98. The van der Waals surface area contributed by atoms with Gasteiger partial charge in [0.2, 0.25) is 11.9 Å². The van der Waals surface area contributed by atoms with Crippen LogP contribution >= 0.6 is 0 Å². The summed E-state index contributed by atoms with van der Waals surface area (Å²) < 4.78 is 0. The molecule has 0 radical (unpaired) electrons. The maximum absolute atomic E-state index is 12.2. The van der Waals surface area contributed by atoms with E-state index in [0.717, 1.165) is 42.9 Å². The predicted molar refractivity (Wildman–Crippen MR) is 83.8 cm³/mol. The summed E-state index contributed by atoms with van der Waals surface area (Å²) in [6, 6.07) is 0. The number of fused-ring (bicyclic) bond motifs is 1. The first-order chi connectivity index (χ1) is 10.0. The van der Waals surface area contributed by atoms with E-state index in [-0.39, 0.29) is 11.8 Å². The van der Waals surface area contributed by atoms with Gasteiger partial charge in [-0.25, -0.2) is 4.98 Å². The molecule has 6 nitrogen and oxygen atoms in total. The highest BCUT2D eigenvalue weighted by Gasteiger charge is 2.26. The zero-order chi connectivity index (χ0) is 15.4. The largest absolute Gasteiger partial charge is 0.370 e. The average Bonchev–Trinajstić information content (AvgIpc) is 2.46. The van der Waals surface area contributed by atoms with Crippen LogP contribution in [-0.2, 0) is 17.8 Å². The summed E-state index contributed by atoms with van der Waals surface area (Å²) in [5, 5.41) is 3.33. The van der Waals surface area contributed by atoms with Crippen LogP contribution in [0.4, 0.5) is 11.8 Å². The van der Waals surface area contributed by atoms with Crippen molar-refractivity contribution >= 4 is 17.7 Å². The Morgan fingerprint density at radius 2 is 2.19 bits per heavy atom. The van der Waals surface area contributed by atoms with E-state index >= 15 is 0 Å². The van der Waals surface area contributed by atoms with Crippen LogP contribution in [0.3, 0.4) is 0 Å². The highest BCUT2D eigenvalue weighted by molar-refractivity contribution is 5.78. The summed E-state index contributed by atoms with van der Waals surface area (Å²) in [6.07, 6.45) is 2.93. The van der Waals surface area contributed by atoms with Crippen molar-refractivity contribution in [3.05, 3.63) is 11.3 Å². The quantitative estimate of drug-likeness (QED) is 0.808. The van der Waals surface area contributed by atoms with Gasteiger partial charge in [-0.2, -0.15) is 4.98 Å². The molecule has 0 fully saturated rings. The number of carbonyl (C=O) groups is 1. The molecule has 1 aromatic rings. The van der Waals surface area contributed by atoms with Crippen LogP contribution in [-0.4, -0.2) is 33.9 Å². The first-order valence-corrected chi connectivity index (χ1v) is 7.70. The molecule has 1 aliphatic heterocycles. The van der Waals surface area contributed by atoms with Crippen LogP contribution < -0.4 is 11.1 Å². The number of nitrogen functional groups attached to an aromatic ring is 1. The summed E-state index contributed by atoms with van der Waals surface area (Å²) >= 11 is 0. The van der Waals surface area contributed by atoms with Crippen molar-refractivity contribution in [1.29, 1.82) is 0 Å². The third-order valence-corrected chi connectivity index (χ3v) is 3.71. The van der Waals surface area contributed by atoms with Crippen LogP contribution in [0.15, 0.2) is 0 Å². The molecule has 0 aromatic carbocycles. The molecule has 0 unspecified atom stereocenters. The van der Waals surface area contributed by atoms with E-state index in [1.165, 1.54) is 0 Å². The highest BCUT2D eigenvalue weighted by atomic mass is 16.2. The number of anilines is 2. The van der Waals surface area contributed by atoms with Gasteiger partial charge in [-0.1, -0.05) is 27.2 Å². The molecule has 0 aliphatic carbocycles. The van der Waals surface area contributed by atoms with Gasteiger partial charge in [-0.15, -0.1) is 0 Å². The lowest BCUT2D eigenvalue weighted by molar-refractivity contribution is -0.135. The van der Waals surface area contributed by atoms with Crippen LogP contribution in [0.2, 0.25) is 0 Å². The number of carbonyl (C=O) groups excluding carboxylic acids is 1. The number of amides is 1. The summed E-state index contributed by atoms with van der Waals surface area (Å²) in [5.74, 6) is 1.28. The summed E-state index contributed by atoms with van der Waals surface area (Å²) in [6.45, 7) is 8.14. The molecule has 21 heavy (non-hydrogen) atoms. The van der Waals surface area contributed by atoms with Crippen molar-refractivity contribution in [1.82, 2.24) is 14.9 Å². The smallest absolute Gasteiger partial charge is 0.225 e. The number of nitrogens with one attached hydrogen (secondary N) is 1. The van der Waals surface area contributed by atoms with Crippen molar-refractivity contribution in [2.24, 2.45) is 5.92 Å². The van der Waals surface area contributed by atoms with E-state index in [2.05, 4.69) is 22.2 Å². The summed E-state index contributed by atoms with van der Waals surface area (Å²) in [5.41, 5.74) is 7.77. The van der Waals surface area contributed by atoms with Gasteiger partial charge < -0.3 is 16.0 Å². The van der Waals surface area contributed by atoms with E-state index in [1.807, 2.05) is 18.7 Å². The second kappa shape index (κ2) is 6.74. The second-order valence-electron chi connectivity index (χ2n) is 5.80. The fourth-order valence-electron chi connectivity index (χ4n) is 2.52. The molecule has 2 heterocycles. The van der Waals surface area contributed by atoms with Crippen LogP contribution in [0, 0.1) is 5.92 Å². The highest BCUT2D eigenvalue weighted by Crippen LogP contribution is 2.25. The lowest BCUT2D eigenvalue weighted by Gasteiger charge is -2.30. The number of nitrogens with zero attached hydrogens (tertiary/aromatic N) is 3. The summed E-state index contributed by atoms with van der Waals surface area (Å²) in [4.78, 5) is 22.7. The Labute approximate surface area is 126 Å². The molecular weight excluding hydrogens is 266 g/mol. The Hall–Kier alpha value is -1.85. The fraction of sp³-hybridized carbons (Fsp3) is 0.667. The molecule has 1 aliphatic rings. The molecule has 2 rings (SSSR count). The van der Waals surface area contributed by atoms with Gasteiger partial charge >= 0.3 is 0 Å². The van der Waals surface area contributed by atoms with Crippen molar-refractivity contribution < 1.29 is 4.79 Å². The first-order valence-electron chi connectivity index (χ1n) is 7.70. The topological polar surface area (TPSA) is 84.1 Å². The molecule has 6 heteroatoms. The predicted octanol–water partition coefficient (Wildman–Crippen LogP) is 1.81. The Morgan fingerprint density at radius 1 is 1.43 bits per heavy atom. The number of nitrogens with two attached hydrogens (primary N) is 1. The maximum Gasteiger partial charge on any atom is 0.225 e. The standard InChI is InChI=1S/C15H25N5O/c1-4-5-7-17-13-11-9-20(14(21)10(2)3)8-6-12(11)18-15(16)19-13/h10H,4-9H2,1-3H3,(H3,16,17,18,19). The van der Waals surface area contributed by atoms with Crippen molar-refractivity contribution in [3.8, 4) is 0 Å². The third kappa shape index (κ3) is 3.62. The zero-order valence-electron chi connectivity index (χ0n) is 13.1. The summed E-state index contributed by atoms with van der Waals surface area (Å²) in [7, 11) is 0. The Morgan fingerprint density at radius 3 is 2.86 bits per heavy atom. The van der Waals surface area contributed by atoms with Crippen molar-refractivity contribution in [3.63, 3.8) is 0 Å². The molecule has 3 N–H and O–H groups in total. The van der Waals surface area contributed by atoms with Crippen molar-refractivity contribution in [2.45, 2.75) is 46.6 Å². The lowest BCUT2D eigenvalue weighted by atomic mass is 10.0. The number of aromatic nitrogens is 2.